The van der Waals surface area contributed by atoms with E-state index in [0.717, 1.165) is 17.0 Å². The highest BCUT2D eigenvalue weighted by atomic mass is 32.2. The summed E-state index contributed by atoms with van der Waals surface area (Å²) in [5.74, 6) is 0.514. The van der Waals surface area contributed by atoms with Crippen molar-refractivity contribution in [1.82, 2.24) is 9.97 Å². The Morgan fingerprint density at radius 3 is 2.50 bits per heavy atom. The summed E-state index contributed by atoms with van der Waals surface area (Å²) < 4.78 is 0. The van der Waals surface area contributed by atoms with Crippen LogP contribution in [0.5, 0.6) is 0 Å². The zero-order valence-electron chi connectivity index (χ0n) is 14.9. The van der Waals surface area contributed by atoms with Crippen molar-refractivity contribution in [3.05, 3.63) is 65.5 Å². The summed E-state index contributed by atoms with van der Waals surface area (Å²) in [6.45, 7) is 3.89. The van der Waals surface area contributed by atoms with Gasteiger partial charge in [0, 0.05) is 28.2 Å². The van der Waals surface area contributed by atoms with Gasteiger partial charge < -0.3 is 4.90 Å². The third-order valence-electron chi connectivity index (χ3n) is 4.15. The van der Waals surface area contributed by atoms with E-state index in [-0.39, 0.29) is 0 Å². The molecule has 0 unspecified atom stereocenters. The van der Waals surface area contributed by atoms with Crippen molar-refractivity contribution in [2.45, 2.75) is 23.6 Å². The van der Waals surface area contributed by atoms with Crippen molar-refractivity contribution in [2.24, 2.45) is 5.10 Å². The molecule has 0 fully saturated rings. The number of hydrogen-bond donors (Lipinski definition) is 1. The SMILES string of the molecule is Cc1cc(C)nc(N/N=C/c2ccc3c(c2)Sc2ccccc2N3C)n1. The van der Waals surface area contributed by atoms with Crippen molar-refractivity contribution in [2.75, 3.05) is 17.4 Å². The van der Waals surface area contributed by atoms with Gasteiger partial charge in [0.05, 0.1) is 17.6 Å². The fourth-order valence-electron chi connectivity index (χ4n) is 2.98. The van der Waals surface area contributed by atoms with Gasteiger partial charge in [-0.1, -0.05) is 30.0 Å². The molecule has 0 radical (unpaired) electrons. The van der Waals surface area contributed by atoms with E-state index < -0.39 is 0 Å². The highest BCUT2D eigenvalue weighted by Gasteiger charge is 2.20. The summed E-state index contributed by atoms with van der Waals surface area (Å²) >= 11 is 1.79. The fraction of sp³-hybridized carbons (Fsp3) is 0.150. The molecule has 0 spiro atoms. The van der Waals surface area contributed by atoms with Crippen LogP contribution in [0.2, 0.25) is 0 Å². The minimum absolute atomic E-state index is 0.514. The largest absolute Gasteiger partial charge is 0.343 e. The van der Waals surface area contributed by atoms with Crippen molar-refractivity contribution >= 4 is 35.3 Å². The minimum Gasteiger partial charge on any atom is -0.343 e. The Morgan fingerprint density at radius 2 is 1.69 bits per heavy atom. The van der Waals surface area contributed by atoms with Crippen LogP contribution in [0.25, 0.3) is 0 Å². The molecule has 2 heterocycles. The van der Waals surface area contributed by atoms with E-state index in [1.165, 1.54) is 21.2 Å². The monoisotopic (exact) mass is 361 g/mol. The quantitative estimate of drug-likeness (QED) is 0.538. The normalized spacial score (nSPS) is 12.8. The summed E-state index contributed by atoms with van der Waals surface area (Å²) in [5.41, 5.74) is 8.22. The molecule has 4 rings (SSSR count). The number of nitrogens with zero attached hydrogens (tertiary/aromatic N) is 4. The number of anilines is 3. The number of hydrazone groups is 1. The molecule has 5 nitrogen and oxygen atoms in total. The molecule has 3 aromatic rings. The van der Waals surface area contributed by atoms with Gasteiger partial charge in [-0.05, 0) is 49.7 Å². The van der Waals surface area contributed by atoms with Crippen molar-refractivity contribution < 1.29 is 0 Å². The van der Waals surface area contributed by atoms with E-state index in [1.54, 1.807) is 18.0 Å². The number of hydrogen-bond acceptors (Lipinski definition) is 6. The molecule has 0 atom stereocenters. The average Bonchev–Trinajstić information content (AvgIpc) is 2.61. The first-order valence-corrected chi connectivity index (χ1v) is 9.18. The molecule has 0 saturated heterocycles. The zero-order chi connectivity index (χ0) is 18.1. The Balaban J connectivity index is 1.55. The third kappa shape index (κ3) is 3.28. The third-order valence-corrected chi connectivity index (χ3v) is 5.26. The van der Waals surface area contributed by atoms with Crippen molar-refractivity contribution in [3.8, 4) is 0 Å². The Hall–Kier alpha value is -2.86. The molecule has 1 aliphatic rings. The minimum atomic E-state index is 0.514. The molecule has 6 heteroatoms. The van der Waals surface area contributed by atoms with E-state index in [9.17, 15) is 0 Å². The van der Waals surface area contributed by atoms with Gasteiger partial charge in [-0.15, -0.1) is 0 Å². The second-order valence-corrected chi connectivity index (χ2v) is 7.28. The number of rotatable bonds is 3. The van der Waals surface area contributed by atoms with Crippen LogP contribution in [0.15, 0.2) is 63.4 Å². The molecular weight excluding hydrogens is 342 g/mol. The van der Waals surface area contributed by atoms with Gasteiger partial charge in [0.2, 0.25) is 5.95 Å². The Kier molecular flexibility index (Phi) is 4.34. The molecule has 0 aliphatic carbocycles. The van der Waals surface area contributed by atoms with Gasteiger partial charge in [0.1, 0.15) is 0 Å². The van der Waals surface area contributed by atoms with Crippen LogP contribution in [0, 0.1) is 13.8 Å². The lowest BCUT2D eigenvalue weighted by Crippen LogP contribution is -2.14. The Labute approximate surface area is 157 Å². The highest BCUT2D eigenvalue weighted by molar-refractivity contribution is 7.99. The first-order chi connectivity index (χ1) is 12.6. The lowest BCUT2D eigenvalue weighted by Gasteiger charge is -2.29. The van der Waals surface area contributed by atoms with E-state index in [4.69, 9.17) is 0 Å². The van der Waals surface area contributed by atoms with E-state index in [1.807, 2.05) is 19.9 Å². The summed E-state index contributed by atoms with van der Waals surface area (Å²) in [6.07, 6.45) is 1.79. The highest BCUT2D eigenvalue weighted by Crippen LogP contribution is 2.47. The van der Waals surface area contributed by atoms with Crippen LogP contribution >= 0.6 is 11.8 Å². The van der Waals surface area contributed by atoms with E-state index >= 15 is 0 Å². The smallest absolute Gasteiger partial charge is 0.243 e. The van der Waals surface area contributed by atoms with Crippen LogP contribution < -0.4 is 10.3 Å². The molecule has 0 saturated carbocycles. The summed E-state index contributed by atoms with van der Waals surface area (Å²) in [6, 6.07) is 16.7. The maximum atomic E-state index is 4.32. The Morgan fingerprint density at radius 1 is 0.962 bits per heavy atom. The molecule has 1 aliphatic heterocycles. The molecule has 0 bridgehead atoms. The molecule has 130 valence electrons. The zero-order valence-corrected chi connectivity index (χ0v) is 15.7. The number of aromatic nitrogens is 2. The lowest BCUT2D eigenvalue weighted by molar-refractivity contribution is 1.04. The summed E-state index contributed by atoms with van der Waals surface area (Å²) in [5, 5.41) is 4.28. The van der Waals surface area contributed by atoms with Crippen molar-refractivity contribution in [3.63, 3.8) is 0 Å². The number of fused-ring (bicyclic) bond motifs is 2. The van der Waals surface area contributed by atoms with Crippen LogP contribution in [-0.2, 0) is 0 Å². The van der Waals surface area contributed by atoms with Crippen LogP contribution in [0.3, 0.4) is 0 Å². The first kappa shape index (κ1) is 16.6. The van der Waals surface area contributed by atoms with E-state index in [0.29, 0.717) is 5.95 Å². The molecule has 2 aromatic carbocycles. The standard InChI is InChI=1S/C20H19N5S/c1-13-10-14(2)23-20(22-13)24-21-12-15-8-9-17-19(11-15)26-18-7-5-4-6-16(18)25(17)3/h4-12H,1-3H3,(H,22,23,24)/b21-12+. The van der Waals surface area contributed by atoms with Gasteiger partial charge in [-0.3, -0.25) is 0 Å². The van der Waals surface area contributed by atoms with Crippen LogP contribution in [-0.4, -0.2) is 23.2 Å². The number of benzene rings is 2. The lowest BCUT2D eigenvalue weighted by atomic mass is 10.2. The molecular formula is C20H19N5S. The molecule has 26 heavy (non-hydrogen) atoms. The van der Waals surface area contributed by atoms with Gasteiger partial charge in [-0.25, -0.2) is 15.4 Å². The second-order valence-electron chi connectivity index (χ2n) is 6.20. The van der Waals surface area contributed by atoms with Gasteiger partial charge in [0.15, 0.2) is 0 Å². The summed E-state index contributed by atoms with van der Waals surface area (Å²) in [7, 11) is 2.10. The van der Waals surface area contributed by atoms with Crippen LogP contribution in [0.1, 0.15) is 17.0 Å². The molecule has 1 N–H and O–H groups in total. The first-order valence-electron chi connectivity index (χ1n) is 8.36. The van der Waals surface area contributed by atoms with Gasteiger partial charge >= 0.3 is 0 Å². The predicted molar refractivity (Wildman–Crippen MR) is 108 cm³/mol. The van der Waals surface area contributed by atoms with Gasteiger partial charge in [0.25, 0.3) is 0 Å². The maximum absolute atomic E-state index is 4.32. The summed E-state index contributed by atoms with van der Waals surface area (Å²) in [4.78, 5) is 13.4. The van der Waals surface area contributed by atoms with Crippen molar-refractivity contribution in [1.29, 1.82) is 0 Å². The number of nitrogens with one attached hydrogen (secondary N) is 1. The van der Waals surface area contributed by atoms with Crippen LogP contribution in [0.4, 0.5) is 17.3 Å². The van der Waals surface area contributed by atoms with E-state index in [2.05, 4.69) is 74.9 Å². The molecule has 0 amide bonds. The number of aryl methyl sites for hydroxylation is 2. The average molecular weight is 361 g/mol. The maximum Gasteiger partial charge on any atom is 0.243 e. The number of para-hydroxylation sites is 1. The predicted octanol–water partition coefficient (Wildman–Crippen LogP) is 4.77. The van der Waals surface area contributed by atoms with Gasteiger partial charge in [-0.2, -0.15) is 5.10 Å². The fourth-order valence-corrected chi connectivity index (χ4v) is 4.18. The second kappa shape index (κ2) is 6.80. The Bertz CT molecular complexity index is 979. The topological polar surface area (TPSA) is 53.4 Å². The molecule has 1 aromatic heterocycles.